The fourth-order valence-electron chi connectivity index (χ4n) is 2.97. The van der Waals surface area contributed by atoms with E-state index >= 15 is 0 Å². The summed E-state index contributed by atoms with van der Waals surface area (Å²) >= 11 is 0. The molecule has 8 nitrogen and oxygen atoms in total. The lowest BCUT2D eigenvalue weighted by atomic mass is 10.2. The minimum absolute atomic E-state index is 0.0576. The second kappa shape index (κ2) is 7.19. The standard InChI is InChI=1S/C20H15FN4O4/c1-11(26)23-15-8-12(6-7-14(15)21)24-17(27)9-25-10-22-18-13-4-2-3-5-16(13)29-19(18)20(25)28/h2-8,10H,9H2,1H3,(H,23,26)(H,24,27). The molecule has 29 heavy (non-hydrogen) atoms. The third-order valence-electron chi connectivity index (χ3n) is 4.23. The molecule has 4 rings (SSSR count). The van der Waals surface area contributed by atoms with Gasteiger partial charge in [-0.1, -0.05) is 12.1 Å². The van der Waals surface area contributed by atoms with E-state index in [1.165, 1.54) is 25.4 Å². The van der Waals surface area contributed by atoms with Gasteiger partial charge in [-0.05, 0) is 30.3 Å². The van der Waals surface area contributed by atoms with Crippen LogP contribution in [0.4, 0.5) is 15.8 Å². The van der Waals surface area contributed by atoms with E-state index in [1.54, 1.807) is 18.2 Å². The van der Waals surface area contributed by atoms with Gasteiger partial charge in [-0.2, -0.15) is 0 Å². The molecule has 4 aromatic rings. The van der Waals surface area contributed by atoms with Crippen LogP contribution in [0.15, 0.2) is 58.0 Å². The maximum absolute atomic E-state index is 13.7. The van der Waals surface area contributed by atoms with E-state index in [1.807, 2.05) is 6.07 Å². The highest BCUT2D eigenvalue weighted by Crippen LogP contribution is 2.24. The first-order valence-corrected chi connectivity index (χ1v) is 8.66. The second-order valence-electron chi connectivity index (χ2n) is 6.38. The van der Waals surface area contributed by atoms with E-state index in [0.29, 0.717) is 16.5 Å². The Morgan fingerprint density at radius 1 is 1.17 bits per heavy atom. The normalized spacial score (nSPS) is 11.0. The molecule has 0 fully saturated rings. The molecule has 0 saturated carbocycles. The first kappa shape index (κ1) is 18.4. The van der Waals surface area contributed by atoms with E-state index in [2.05, 4.69) is 15.6 Å². The van der Waals surface area contributed by atoms with E-state index in [9.17, 15) is 18.8 Å². The SMILES string of the molecule is CC(=O)Nc1cc(NC(=O)Cn2cnc3c(oc4ccccc43)c2=O)ccc1F. The third kappa shape index (κ3) is 3.57. The summed E-state index contributed by atoms with van der Waals surface area (Å²) < 4.78 is 20.4. The molecule has 0 unspecified atom stereocenters. The predicted octanol–water partition coefficient (Wildman–Crippen LogP) is 2.88. The first-order valence-electron chi connectivity index (χ1n) is 8.66. The second-order valence-corrected chi connectivity index (χ2v) is 6.38. The van der Waals surface area contributed by atoms with Crippen molar-refractivity contribution in [3.8, 4) is 0 Å². The number of hydrogen-bond donors (Lipinski definition) is 2. The van der Waals surface area contributed by atoms with Gasteiger partial charge in [0.2, 0.25) is 17.4 Å². The molecule has 2 heterocycles. The molecular weight excluding hydrogens is 379 g/mol. The highest BCUT2D eigenvalue weighted by Gasteiger charge is 2.15. The molecule has 2 aromatic carbocycles. The molecule has 2 aromatic heterocycles. The molecule has 0 aliphatic rings. The zero-order valence-electron chi connectivity index (χ0n) is 15.2. The Morgan fingerprint density at radius 2 is 1.97 bits per heavy atom. The van der Waals surface area contributed by atoms with Gasteiger partial charge in [-0.15, -0.1) is 0 Å². The van der Waals surface area contributed by atoms with Crippen LogP contribution in [0.3, 0.4) is 0 Å². The fraction of sp³-hybridized carbons (Fsp3) is 0.100. The van der Waals surface area contributed by atoms with Gasteiger partial charge in [0.25, 0.3) is 5.56 Å². The summed E-state index contributed by atoms with van der Waals surface area (Å²) in [6, 6.07) is 10.9. The van der Waals surface area contributed by atoms with Crippen LogP contribution in [0, 0.1) is 5.82 Å². The Labute approximate surface area is 163 Å². The van der Waals surface area contributed by atoms with Crippen LogP contribution in [0.5, 0.6) is 0 Å². The fourth-order valence-corrected chi connectivity index (χ4v) is 2.97. The minimum Gasteiger partial charge on any atom is -0.448 e. The van der Waals surface area contributed by atoms with E-state index in [0.717, 1.165) is 10.6 Å². The van der Waals surface area contributed by atoms with Crippen LogP contribution in [0.25, 0.3) is 22.1 Å². The van der Waals surface area contributed by atoms with Gasteiger partial charge in [0.1, 0.15) is 23.5 Å². The topological polar surface area (TPSA) is 106 Å². The van der Waals surface area contributed by atoms with Crippen LogP contribution in [0.2, 0.25) is 0 Å². The zero-order valence-corrected chi connectivity index (χ0v) is 15.2. The molecule has 2 amide bonds. The Hall–Kier alpha value is -4.01. The van der Waals surface area contributed by atoms with Gasteiger partial charge in [0, 0.05) is 18.0 Å². The van der Waals surface area contributed by atoms with Crippen molar-refractivity contribution in [3.63, 3.8) is 0 Å². The quantitative estimate of drug-likeness (QED) is 0.554. The largest absolute Gasteiger partial charge is 0.448 e. The number of rotatable bonds is 4. The van der Waals surface area contributed by atoms with Crippen LogP contribution in [0.1, 0.15) is 6.92 Å². The van der Waals surface area contributed by atoms with Crippen molar-refractivity contribution in [2.45, 2.75) is 13.5 Å². The Kier molecular flexibility index (Phi) is 4.55. The first-order chi connectivity index (χ1) is 13.9. The van der Waals surface area contributed by atoms with Gasteiger partial charge in [0.15, 0.2) is 0 Å². The van der Waals surface area contributed by atoms with E-state index in [-0.39, 0.29) is 23.5 Å². The Bertz CT molecular complexity index is 1330. The molecule has 0 spiro atoms. The molecule has 9 heteroatoms. The number of nitrogens with one attached hydrogen (secondary N) is 2. The summed E-state index contributed by atoms with van der Waals surface area (Å²) in [5.41, 5.74) is 0.756. The number of para-hydroxylation sites is 1. The third-order valence-corrected chi connectivity index (χ3v) is 4.23. The number of halogens is 1. The molecule has 0 bridgehead atoms. The van der Waals surface area contributed by atoms with Crippen molar-refractivity contribution in [1.82, 2.24) is 9.55 Å². The van der Waals surface area contributed by atoms with Gasteiger partial charge in [-0.3, -0.25) is 19.0 Å². The highest BCUT2D eigenvalue weighted by atomic mass is 19.1. The van der Waals surface area contributed by atoms with Crippen LogP contribution in [-0.4, -0.2) is 21.4 Å². The summed E-state index contributed by atoms with van der Waals surface area (Å²) in [5.74, 6) is -1.59. The van der Waals surface area contributed by atoms with E-state index in [4.69, 9.17) is 4.42 Å². The van der Waals surface area contributed by atoms with E-state index < -0.39 is 23.2 Å². The maximum Gasteiger partial charge on any atom is 0.297 e. The number of carbonyl (C=O) groups is 2. The maximum atomic E-state index is 13.7. The molecular formula is C20H15FN4O4. The van der Waals surface area contributed by atoms with Crippen LogP contribution >= 0.6 is 0 Å². The molecule has 2 N–H and O–H groups in total. The lowest BCUT2D eigenvalue weighted by Crippen LogP contribution is -2.27. The molecule has 0 saturated heterocycles. The van der Waals surface area contributed by atoms with Crippen LogP contribution in [-0.2, 0) is 16.1 Å². The molecule has 0 aliphatic heterocycles. The minimum atomic E-state index is -0.631. The van der Waals surface area contributed by atoms with Gasteiger partial charge in [0.05, 0.1) is 12.0 Å². The number of furan rings is 1. The average molecular weight is 394 g/mol. The summed E-state index contributed by atoms with van der Waals surface area (Å²) in [7, 11) is 0. The van der Waals surface area contributed by atoms with Gasteiger partial charge in [-0.25, -0.2) is 9.37 Å². The highest BCUT2D eigenvalue weighted by molar-refractivity contribution is 6.01. The Balaban J connectivity index is 1.58. The number of amides is 2. The molecule has 0 radical (unpaired) electrons. The van der Waals surface area contributed by atoms with Crippen molar-refractivity contribution >= 4 is 45.3 Å². The monoisotopic (exact) mass is 394 g/mol. The lowest BCUT2D eigenvalue weighted by molar-refractivity contribution is -0.117. The number of carbonyl (C=O) groups excluding carboxylic acids is 2. The summed E-state index contributed by atoms with van der Waals surface area (Å²) in [6.07, 6.45) is 1.28. The van der Waals surface area contributed by atoms with Crippen molar-refractivity contribution in [2.75, 3.05) is 10.6 Å². The van der Waals surface area contributed by atoms with Crippen molar-refractivity contribution < 1.29 is 18.4 Å². The van der Waals surface area contributed by atoms with Crippen molar-refractivity contribution in [2.24, 2.45) is 0 Å². The number of aromatic nitrogens is 2. The summed E-state index contributed by atoms with van der Waals surface area (Å²) in [4.78, 5) is 40.4. The summed E-state index contributed by atoms with van der Waals surface area (Å²) in [5, 5.41) is 5.61. The lowest BCUT2D eigenvalue weighted by Gasteiger charge is -2.09. The number of fused-ring (bicyclic) bond motifs is 3. The smallest absolute Gasteiger partial charge is 0.297 e. The van der Waals surface area contributed by atoms with Gasteiger partial charge < -0.3 is 15.1 Å². The van der Waals surface area contributed by atoms with Crippen molar-refractivity contribution in [3.05, 3.63) is 65.0 Å². The Morgan fingerprint density at radius 3 is 2.76 bits per heavy atom. The molecule has 0 atom stereocenters. The number of hydrogen-bond acceptors (Lipinski definition) is 5. The number of nitrogens with zero attached hydrogens (tertiary/aromatic N) is 2. The van der Waals surface area contributed by atoms with Gasteiger partial charge >= 0.3 is 0 Å². The molecule has 0 aliphatic carbocycles. The van der Waals surface area contributed by atoms with Crippen molar-refractivity contribution in [1.29, 1.82) is 0 Å². The number of benzene rings is 2. The number of anilines is 2. The van der Waals surface area contributed by atoms with Crippen LogP contribution < -0.4 is 16.2 Å². The molecule has 146 valence electrons. The summed E-state index contributed by atoms with van der Waals surface area (Å²) in [6.45, 7) is 0.935. The predicted molar refractivity (Wildman–Crippen MR) is 105 cm³/mol. The zero-order chi connectivity index (χ0) is 20.5. The average Bonchev–Trinajstić information content (AvgIpc) is 3.06.